The van der Waals surface area contributed by atoms with Gasteiger partial charge in [-0.15, -0.1) is 0 Å². The van der Waals surface area contributed by atoms with Crippen LogP contribution in [0.2, 0.25) is 0 Å². The number of halogens is 3. The molecule has 2 rings (SSSR count). The molecular weight excluding hydrogens is 223 g/mol. The number of aryl methyl sites for hydroxylation is 1. The summed E-state index contributed by atoms with van der Waals surface area (Å²) in [5.41, 5.74) is -3.36. The molecule has 1 heterocycles. The van der Waals surface area contributed by atoms with E-state index in [0.717, 1.165) is 6.07 Å². The molecule has 1 aliphatic heterocycles. The first kappa shape index (κ1) is 10.9. The third-order valence-corrected chi connectivity index (χ3v) is 2.64. The predicted octanol–water partition coefficient (Wildman–Crippen LogP) is 1.70. The smallest absolute Gasteiger partial charge is 0.368 e. The van der Waals surface area contributed by atoms with Crippen LogP contribution >= 0.6 is 0 Å². The van der Waals surface area contributed by atoms with E-state index >= 15 is 0 Å². The lowest BCUT2D eigenvalue weighted by Crippen LogP contribution is -2.47. The van der Waals surface area contributed by atoms with Crippen molar-refractivity contribution < 1.29 is 23.1 Å². The van der Waals surface area contributed by atoms with Crippen LogP contribution in [0.25, 0.3) is 0 Å². The van der Waals surface area contributed by atoms with Crippen molar-refractivity contribution in [1.29, 1.82) is 0 Å². The zero-order valence-corrected chi connectivity index (χ0v) is 8.22. The molecule has 0 spiro atoms. The van der Waals surface area contributed by atoms with Crippen LogP contribution in [0.5, 0.6) is 0 Å². The first-order chi connectivity index (χ1) is 7.28. The first-order valence-corrected chi connectivity index (χ1v) is 4.49. The average Bonchev–Trinajstić information content (AvgIpc) is 2.43. The van der Waals surface area contributed by atoms with Crippen LogP contribution in [-0.2, 0) is 10.4 Å². The van der Waals surface area contributed by atoms with Gasteiger partial charge in [0, 0.05) is 5.56 Å². The van der Waals surface area contributed by atoms with Crippen LogP contribution in [0.3, 0.4) is 0 Å². The van der Waals surface area contributed by atoms with Crippen LogP contribution < -0.4 is 5.32 Å². The Hall–Kier alpha value is -1.56. The highest BCUT2D eigenvalue weighted by molar-refractivity contribution is 6.06. The maximum Gasteiger partial charge on any atom is 0.430 e. The van der Waals surface area contributed by atoms with E-state index in [2.05, 4.69) is 5.32 Å². The number of hydrogen-bond donors (Lipinski definition) is 2. The molecule has 0 aromatic heterocycles. The highest BCUT2D eigenvalue weighted by Gasteiger charge is 2.64. The van der Waals surface area contributed by atoms with Gasteiger partial charge in [0.25, 0.3) is 11.5 Å². The molecule has 1 aromatic carbocycles. The molecule has 0 unspecified atom stereocenters. The van der Waals surface area contributed by atoms with Crippen LogP contribution in [0.4, 0.5) is 18.9 Å². The van der Waals surface area contributed by atoms with Crippen molar-refractivity contribution in [2.75, 3.05) is 5.32 Å². The van der Waals surface area contributed by atoms with E-state index in [1.54, 1.807) is 13.0 Å². The Morgan fingerprint density at radius 3 is 2.56 bits per heavy atom. The van der Waals surface area contributed by atoms with Crippen molar-refractivity contribution in [3.05, 3.63) is 29.3 Å². The van der Waals surface area contributed by atoms with Crippen molar-refractivity contribution in [2.45, 2.75) is 18.7 Å². The summed E-state index contributed by atoms with van der Waals surface area (Å²) in [5.74, 6) is -1.45. The number of alkyl halides is 3. The topological polar surface area (TPSA) is 49.3 Å². The monoisotopic (exact) mass is 231 g/mol. The van der Waals surface area contributed by atoms with Crippen LogP contribution in [0, 0.1) is 6.92 Å². The summed E-state index contributed by atoms with van der Waals surface area (Å²) in [5, 5.41) is 11.6. The fourth-order valence-electron chi connectivity index (χ4n) is 1.74. The molecule has 16 heavy (non-hydrogen) atoms. The second-order valence-electron chi connectivity index (χ2n) is 3.66. The normalized spacial score (nSPS) is 24.2. The lowest BCUT2D eigenvalue weighted by molar-refractivity contribution is -0.252. The molecule has 0 radical (unpaired) electrons. The molecule has 1 aromatic rings. The zero-order valence-electron chi connectivity index (χ0n) is 8.22. The molecule has 0 saturated carbocycles. The van der Waals surface area contributed by atoms with Gasteiger partial charge in [-0.3, -0.25) is 4.79 Å². The molecule has 0 fully saturated rings. The molecule has 6 heteroatoms. The van der Waals surface area contributed by atoms with E-state index < -0.39 is 23.2 Å². The fraction of sp³-hybridized carbons (Fsp3) is 0.300. The minimum atomic E-state index is -5.03. The Labute approximate surface area is 88.9 Å². The lowest BCUT2D eigenvalue weighted by atomic mass is 9.93. The fourth-order valence-corrected chi connectivity index (χ4v) is 1.74. The van der Waals surface area contributed by atoms with Crippen molar-refractivity contribution in [3.8, 4) is 0 Å². The molecule has 1 aliphatic rings. The number of fused-ring (bicyclic) bond motifs is 1. The Morgan fingerprint density at radius 1 is 1.38 bits per heavy atom. The summed E-state index contributed by atoms with van der Waals surface area (Å²) in [7, 11) is 0. The number of amides is 1. The highest BCUT2D eigenvalue weighted by Crippen LogP contribution is 2.47. The minimum absolute atomic E-state index is 0.0346. The molecule has 0 aliphatic carbocycles. The molecule has 0 saturated heterocycles. The molecule has 0 bridgehead atoms. The molecular formula is C10H8F3NO2. The van der Waals surface area contributed by atoms with Crippen molar-refractivity contribution >= 4 is 11.6 Å². The number of rotatable bonds is 0. The third kappa shape index (κ3) is 1.16. The maximum atomic E-state index is 12.7. The Bertz CT molecular complexity index is 470. The molecule has 2 N–H and O–H groups in total. The minimum Gasteiger partial charge on any atom is -0.368 e. The standard InChI is InChI=1S/C10H8F3NO2/c1-5-3-2-4-6-7(5)14-8(15)9(6,16)10(11,12)13/h2-4,16H,1H3,(H,14,15)/t9-/m0/s1. The van der Waals surface area contributed by atoms with E-state index in [-0.39, 0.29) is 5.69 Å². The Kier molecular flexibility index (Phi) is 2.03. The van der Waals surface area contributed by atoms with Gasteiger partial charge in [0.05, 0.1) is 5.69 Å². The SMILES string of the molecule is Cc1cccc2c1NC(=O)[C@]2(O)C(F)(F)F. The number of anilines is 1. The van der Waals surface area contributed by atoms with Gasteiger partial charge < -0.3 is 10.4 Å². The van der Waals surface area contributed by atoms with Crippen LogP contribution in [0.1, 0.15) is 11.1 Å². The lowest BCUT2D eigenvalue weighted by Gasteiger charge is -2.23. The third-order valence-electron chi connectivity index (χ3n) is 2.64. The first-order valence-electron chi connectivity index (χ1n) is 4.49. The van der Waals surface area contributed by atoms with Crippen molar-refractivity contribution in [3.63, 3.8) is 0 Å². The summed E-state index contributed by atoms with van der Waals surface area (Å²) >= 11 is 0. The molecule has 1 atom stereocenters. The number of hydrogen-bond acceptors (Lipinski definition) is 2. The number of carbonyl (C=O) groups excluding carboxylic acids is 1. The number of aliphatic hydroxyl groups is 1. The van der Waals surface area contributed by atoms with E-state index in [4.69, 9.17) is 0 Å². The summed E-state index contributed by atoms with van der Waals surface area (Å²) in [6.45, 7) is 1.56. The van der Waals surface area contributed by atoms with E-state index in [9.17, 15) is 23.1 Å². The molecule has 86 valence electrons. The van der Waals surface area contributed by atoms with Gasteiger partial charge in [-0.05, 0) is 12.5 Å². The average molecular weight is 231 g/mol. The second kappa shape index (κ2) is 2.98. The summed E-state index contributed by atoms with van der Waals surface area (Å²) in [6.07, 6.45) is -5.03. The van der Waals surface area contributed by atoms with Gasteiger partial charge in [0.2, 0.25) is 0 Å². The summed E-state index contributed by atoms with van der Waals surface area (Å²) < 4.78 is 38.1. The number of para-hydroxylation sites is 1. The predicted molar refractivity (Wildman–Crippen MR) is 49.8 cm³/mol. The van der Waals surface area contributed by atoms with Gasteiger partial charge >= 0.3 is 6.18 Å². The van der Waals surface area contributed by atoms with E-state index in [0.29, 0.717) is 5.56 Å². The second-order valence-corrected chi connectivity index (χ2v) is 3.66. The Balaban J connectivity index is 2.70. The van der Waals surface area contributed by atoms with Gasteiger partial charge in [-0.2, -0.15) is 13.2 Å². The van der Waals surface area contributed by atoms with Crippen molar-refractivity contribution in [1.82, 2.24) is 0 Å². The Morgan fingerprint density at radius 2 is 2.00 bits per heavy atom. The van der Waals surface area contributed by atoms with Gasteiger partial charge in [-0.25, -0.2) is 0 Å². The number of carbonyl (C=O) groups is 1. The zero-order chi connectivity index (χ0) is 12.1. The van der Waals surface area contributed by atoms with E-state index in [1.165, 1.54) is 6.07 Å². The van der Waals surface area contributed by atoms with E-state index in [1.807, 2.05) is 0 Å². The largest absolute Gasteiger partial charge is 0.430 e. The highest BCUT2D eigenvalue weighted by atomic mass is 19.4. The maximum absolute atomic E-state index is 12.7. The molecule has 1 amide bonds. The van der Waals surface area contributed by atoms with Gasteiger partial charge in [0.1, 0.15) is 0 Å². The number of benzene rings is 1. The number of nitrogens with one attached hydrogen (secondary N) is 1. The van der Waals surface area contributed by atoms with Crippen molar-refractivity contribution in [2.24, 2.45) is 0 Å². The quantitative estimate of drug-likeness (QED) is 0.713. The van der Waals surface area contributed by atoms with Gasteiger partial charge in [0.15, 0.2) is 0 Å². The summed E-state index contributed by atoms with van der Waals surface area (Å²) in [4.78, 5) is 11.3. The van der Waals surface area contributed by atoms with Crippen LogP contribution in [-0.4, -0.2) is 17.2 Å². The molecule has 3 nitrogen and oxygen atoms in total. The van der Waals surface area contributed by atoms with Gasteiger partial charge in [-0.1, -0.05) is 18.2 Å². The summed E-state index contributed by atoms with van der Waals surface area (Å²) in [6, 6.07) is 4.01. The van der Waals surface area contributed by atoms with Crippen LogP contribution in [0.15, 0.2) is 18.2 Å².